The number of aryl methyl sites for hydroxylation is 2. The van der Waals surface area contributed by atoms with Crippen LogP contribution in [0.2, 0.25) is 0 Å². The van der Waals surface area contributed by atoms with E-state index in [9.17, 15) is 0 Å². The third kappa shape index (κ3) is 2.07. The number of hydrogen-bond acceptors (Lipinski definition) is 2. The smallest absolute Gasteiger partial charge is 0.0316 e. The first-order chi connectivity index (χ1) is 6.59. The van der Waals surface area contributed by atoms with Crippen molar-refractivity contribution in [2.45, 2.75) is 38.1 Å². The largest absolute Gasteiger partial charge is 0.399 e. The van der Waals surface area contributed by atoms with E-state index in [0.717, 1.165) is 18.5 Å². The van der Waals surface area contributed by atoms with Gasteiger partial charge in [0.25, 0.3) is 0 Å². The molecule has 1 aromatic carbocycles. The molecule has 14 heavy (non-hydrogen) atoms. The first-order valence-electron chi connectivity index (χ1n) is 5.23. The van der Waals surface area contributed by atoms with Crippen LogP contribution in [0.1, 0.15) is 30.4 Å². The number of nitrogen functional groups attached to an aromatic ring is 1. The molecule has 1 aliphatic rings. The van der Waals surface area contributed by atoms with E-state index in [1.165, 1.54) is 24.0 Å². The Hall–Kier alpha value is -1.02. The van der Waals surface area contributed by atoms with Gasteiger partial charge in [0.05, 0.1) is 0 Å². The summed E-state index contributed by atoms with van der Waals surface area (Å²) in [5.74, 6) is 0. The second-order valence-corrected chi connectivity index (χ2v) is 4.55. The summed E-state index contributed by atoms with van der Waals surface area (Å²) >= 11 is 0. The van der Waals surface area contributed by atoms with E-state index in [4.69, 9.17) is 11.5 Å². The molecule has 0 radical (unpaired) electrons. The Balaban J connectivity index is 2.04. The molecule has 0 amide bonds. The van der Waals surface area contributed by atoms with Crippen LogP contribution in [0.15, 0.2) is 18.2 Å². The predicted octanol–water partition coefficient (Wildman–Crippen LogP) is 2.00. The van der Waals surface area contributed by atoms with Crippen molar-refractivity contribution in [1.82, 2.24) is 0 Å². The second kappa shape index (κ2) is 3.28. The third-order valence-electron chi connectivity index (χ3n) is 3.16. The minimum absolute atomic E-state index is 0.150. The fraction of sp³-hybridized carbons (Fsp3) is 0.500. The molecule has 1 aliphatic carbocycles. The van der Waals surface area contributed by atoms with E-state index >= 15 is 0 Å². The summed E-state index contributed by atoms with van der Waals surface area (Å²) in [4.78, 5) is 0. The van der Waals surface area contributed by atoms with Gasteiger partial charge in [0.1, 0.15) is 0 Å². The zero-order chi connectivity index (χ0) is 10.2. The Labute approximate surface area is 85.3 Å². The highest BCUT2D eigenvalue weighted by Crippen LogP contribution is 2.36. The average molecular weight is 190 g/mol. The van der Waals surface area contributed by atoms with Gasteiger partial charge in [-0.15, -0.1) is 0 Å². The van der Waals surface area contributed by atoms with Gasteiger partial charge in [-0.05, 0) is 55.9 Å². The molecule has 0 aromatic heterocycles. The van der Waals surface area contributed by atoms with E-state index in [1.807, 2.05) is 6.07 Å². The summed E-state index contributed by atoms with van der Waals surface area (Å²) in [5.41, 5.74) is 15.5. The van der Waals surface area contributed by atoms with E-state index < -0.39 is 0 Å². The highest BCUT2D eigenvalue weighted by molar-refractivity contribution is 5.44. The summed E-state index contributed by atoms with van der Waals surface area (Å²) in [7, 11) is 0. The fourth-order valence-corrected chi connectivity index (χ4v) is 1.75. The summed E-state index contributed by atoms with van der Waals surface area (Å²) in [6.45, 7) is 2.13. The molecular weight excluding hydrogens is 172 g/mol. The predicted molar refractivity (Wildman–Crippen MR) is 60.1 cm³/mol. The Morgan fingerprint density at radius 1 is 1.36 bits per heavy atom. The van der Waals surface area contributed by atoms with Gasteiger partial charge >= 0.3 is 0 Å². The Kier molecular flexibility index (Phi) is 2.23. The molecule has 2 heteroatoms. The summed E-state index contributed by atoms with van der Waals surface area (Å²) in [6.07, 6.45) is 4.54. The first kappa shape index (κ1) is 9.53. The molecule has 4 N–H and O–H groups in total. The lowest BCUT2D eigenvalue weighted by Crippen LogP contribution is -2.22. The van der Waals surface area contributed by atoms with E-state index in [0.29, 0.717) is 0 Å². The van der Waals surface area contributed by atoms with E-state index in [-0.39, 0.29) is 5.54 Å². The molecular formula is C12H18N2. The average Bonchev–Trinajstić information content (AvgIpc) is 2.87. The molecule has 0 unspecified atom stereocenters. The minimum atomic E-state index is 0.150. The van der Waals surface area contributed by atoms with Crippen LogP contribution >= 0.6 is 0 Å². The number of hydrogen-bond donors (Lipinski definition) is 2. The molecule has 0 atom stereocenters. The second-order valence-electron chi connectivity index (χ2n) is 4.55. The van der Waals surface area contributed by atoms with Crippen LogP contribution in [-0.2, 0) is 6.42 Å². The van der Waals surface area contributed by atoms with Crippen molar-refractivity contribution in [2.75, 3.05) is 5.73 Å². The zero-order valence-electron chi connectivity index (χ0n) is 8.72. The van der Waals surface area contributed by atoms with Crippen molar-refractivity contribution in [1.29, 1.82) is 0 Å². The van der Waals surface area contributed by atoms with Gasteiger partial charge in [0.2, 0.25) is 0 Å². The van der Waals surface area contributed by atoms with Crippen molar-refractivity contribution >= 4 is 5.69 Å². The van der Waals surface area contributed by atoms with Crippen LogP contribution in [0.4, 0.5) is 5.69 Å². The van der Waals surface area contributed by atoms with Crippen molar-refractivity contribution in [3.05, 3.63) is 29.3 Å². The molecule has 0 aliphatic heterocycles. The number of nitrogens with two attached hydrogens (primary N) is 2. The van der Waals surface area contributed by atoms with Gasteiger partial charge in [0, 0.05) is 11.2 Å². The monoisotopic (exact) mass is 190 g/mol. The lowest BCUT2D eigenvalue weighted by Gasteiger charge is -2.10. The quantitative estimate of drug-likeness (QED) is 0.716. The lowest BCUT2D eigenvalue weighted by molar-refractivity contribution is 0.608. The SMILES string of the molecule is Cc1ccc(N)cc1CCC1(N)CC1. The summed E-state index contributed by atoms with van der Waals surface area (Å²) in [5, 5.41) is 0. The lowest BCUT2D eigenvalue weighted by atomic mass is 10.00. The maximum atomic E-state index is 6.05. The summed E-state index contributed by atoms with van der Waals surface area (Å²) < 4.78 is 0. The number of anilines is 1. The summed E-state index contributed by atoms with van der Waals surface area (Å²) in [6, 6.07) is 6.11. The first-order valence-corrected chi connectivity index (χ1v) is 5.23. The third-order valence-corrected chi connectivity index (χ3v) is 3.16. The van der Waals surface area contributed by atoms with Crippen LogP contribution in [0, 0.1) is 6.92 Å². The van der Waals surface area contributed by atoms with Crippen molar-refractivity contribution in [3.8, 4) is 0 Å². The zero-order valence-corrected chi connectivity index (χ0v) is 8.72. The Morgan fingerprint density at radius 3 is 2.71 bits per heavy atom. The molecule has 76 valence electrons. The molecule has 0 saturated heterocycles. The number of benzene rings is 1. The number of rotatable bonds is 3. The molecule has 2 nitrogen and oxygen atoms in total. The molecule has 0 spiro atoms. The van der Waals surface area contributed by atoms with Crippen LogP contribution in [0.3, 0.4) is 0 Å². The van der Waals surface area contributed by atoms with Crippen LogP contribution in [0.5, 0.6) is 0 Å². The Bertz CT molecular complexity index is 340. The van der Waals surface area contributed by atoms with Gasteiger partial charge in [0.15, 0.2) is 0 Å². The van der Waals surface area contributed by atoms with E-state index in [1.54, 1.807) is 0 Å². The molecule has 0 heterocycles. The van der Waals surface area contributed by atoms with E-state index in [2.05, 4.69) is 19.1 Å². The maximum Gasteiger partial charge on any atom is 0.0316 e. The highest BCUT2D eigenvalue weighted by atomic mass is 14.8. The van der Waals surface area contributed by atoms with Crippen LogP contribution in [-0.4, -0.2) is 5.54 Å². The molecule has 2 rings (SSSR count). The highest BCUT2D eigenvalue weighted by Gasteiger charge is 2.37. The Morgan fingerprint density at radius 2 is 2.07 bits per heavy atom. The van der Waals surface area contributed by atoms with Crippen molar-refractivity contribution in [2.24, 2.45) is 5.73 Å². The van der Waals surface area contributed by atoms with Crippen molar-refractivity contribution in [3.63, 3.8) is 0 Å². The molecule has 1 fully saturated rings. The topological polar surface area (TPSA) is 52.0 Å². The van der Waals surface area contributed by atoms with Crippen LogP contribution in [0.25, 0.3) is 0 Å². The van der Waals surface area contributed by atoms with Gasteiger partial charge in [-0.3, -0.25) is 0 Å². The molecule has 1 aromatic rings. The standard InChI is InChI=1S/C12H18N2/c1-9-2-3-11(13)8-10(9)4-5-12(14)6-7-12/h2-3,8H,4-7,13-14H2,1H3. The van der Waals surface area contributed by atoms with Gasteiger partial charge in [-0.1, -0.05) is 6.07 Å². The van der Waals surface area contributed by atoms with Gasteiger partial charge in [-0.2, -0.15) is 0 Å². The molecule has 0 bridgehead atoms. The fourth-order valence-electron chi connectivity index (χ4n) is 1.75. The normalized spacial score (nSPS) is 18.1. The minimum Gasteiger partial charge on any atom is -0.399 e. The van der Waals surface area contributed by atoms with Gasteiger partial charge < -0.3 is 11.5 Å². The molecule has 1 saturated carbocycles. The maximum absolute atomic E-state index is 6.05. The van der Waals surface area contributed by atoms with Crippen LogP contribution < -0.4 is 11.5 Å². The van der Waals surface area contributed by atoms with Crippen molar-refractivity contribution < 1.29 is 0 Å². The van der Waals surface area contributed by atoms with Gasteiger partial charge in [-0.25, -0.2) is 0 Å².